The third-order valence-electron chi connectivity index (χ3n) is 4.70. The molecule has 3 aromatic carbocycles. The molecule has 0 radical (unpaired) electrons. The van der Waals surface area contributed by atoms with Gasteiger partial charge in [0.2, 0.25) is 11.3 Å². The molecular weight excluding hydrogens is 352 g/mol. The lowest BCUT2D eigenvalue weighted by Gasteiger charge is -2.22. The summed E-state index contributed by atoms with van der Waals surface area (Å²) < 4.78 is 6.07. The van der Waals surface area contributed by atoms with Crippen LogP contribution in [0, 0.1) is 0 Å². The molecule has 0 atom stereocenters. The number of anilines is 2. The summed E-state index contributed by atoms with van der Waals surface area (Å²) in [4.78, 5) is 32.4. The third kappa shape index (κ3) is 2.45. The Morgan fingerprint density at radius 3 is 2.43 bits per heavy atom. The minimum Gasteiger partial charge on any atom is -0.439 e. The first-order valence-corrected chi connectivity index (χ1v) is 8.82. The van der Waals surface area contributed by atoms with E-state index in [0.717, 1.165) is 0 Å². The fourth-order valence-corrected chi connectivity index (χ4v) is 3.34. The van der Waals surface area contributed by atoms with Crippen molar-refractivity contribution < 1.29 is 9.21 Å². The number of nitrogens with zero attached hydrogens (tertiary/aromatic N) is 2. The Morgan fingerprint density at radius 1 is 0.857 bits per heavy atom. The van der Waals surface area contributed by atoms with Crippen molar-refractivity contribution in [3.05, 3.63) is 100 Å². The van der Waals surface area contributed by atoms with Gasteiger partial charge in [0.15, 0.2) is 0 Å². The maximum atomic E-state index is 13.4. The van der Waals surface area contributed by atoms with Crippen molar-refractivity contribution in [2.75, 3.05) is 4.90 Å². The minimum atomic E-state index is -0.293. The zero-order valence-corrected chi connectivity index (χ0v) is 14.7. The predicted octanol–water partition coefficient (Wildman–Crippen LogP) is 4.84. The molecule has 134 valence electrons. The molecule has 4 aromatic rings. The highest BCUT2D eigenvalue weighted by Gasteiger charge is 2.30. The smallest absolute Gasteiger partial charge is 0.265 e. The van der Waals surface area contributed by atoms with Crippen molar-refractivity contribution in [1.29, 1.82) is 0 Å². The number of hydrogen-bond acceptors (Lipinski definition) is 4. The van der Waals surface area contributed by atoms with Gasteiger partial charge in [-0.1, -0.05) is 42.5 Å². The second-order valence-corrected chi connectivity index (χ2v) is 6.40. The Hall–Kier alpha value is -3.99. The number of benzene rings is 3. The lowest BCUT2D eigenvalue weighted by molar-refractivity contribution is 0.0996. The first-order valence-electron chi connectivity index (χ1n) is 8.82. The van der Waals surface area contributed by atoms with E-state index in [1.54, 1.807) is 60.7 Å². The average molecular weight is 366 g/mol. The van der Waals surface area contributed by atoms with Crippen molar-refractivity contribution >= 4 is 40.3 Å². The quantitative estimate of drug-likeness (QED) is 0.484. The standard InChI is InChI=1S/C23H14N2O3/c26-21-16-10-4-7-13-20(16)28-23-17(21)14-24-18-11-5-6-12-19(18)25(23)22(27)15-8-2-1-3-9-15/h1-14H. The number of fused-ring (bicyclic) bond motifs is 3. The van der Waals surface area contributed by atoms with Gasteiger partial charge in [0.1, 0.15) is 11.1 Å². The average Bonchev–Trinajstić information content (AvgIpc) is 2.91. The molecule has 0 spiro atoms. The van der Waals surface area contributed by atoms with Crippen LogP contribution in [-0.4, -0.2) is 12.1 Å². The number of hydrogen-bond donors (Lipinski definition) is 0. The molecule has 0 unspecified atom stereocenters. The van der Waals surface area contributed by atoms with Gasteiger partial charge in [0.25, 0.3) is 5.91 Å². The topological polar surface area (TPSA) is 62.9 Å². The van der Waals surface area contributed by atoms with Crippen molar-refractivity contribution in [1.82, 2.24) is 0 Å². The van der Waals surface area contributed by atoms with Crippen LogP contribution >= 0.6 is 0 Å². The van der Waals surface area contributed by atoms with Crippen LogP contribution in [0.25, 0.3) is 11.0 Å². The molecule has 5 nitrogen and oxygen atoms in total. The number of aliphatic imine (C=N–C) groups is 1. The molecule has 2 heterocycles. The normalized spacial score (nSPS) is 12.4. The molecular formula is C23H14N2O3. The molecule has 0 bridgehead atoms. The van der Waals surface area contributed by atoms with Crippen LogP contribution in [-0.2, 0) is 0 Å². The molecule has 1 aromatic heterocycles. The second kappa shape index (κ2) is 6.32. The number of carbonyl (C=O) groups excluding carboxylic acids is 1. The summed E-state index contributed by atoms with van der Waals surface area (Å²) in [6.45, 7) is 0. The van der Waals surface area contributed by atoms with Crippen LogP contribution in [0.1, 0.15) is 15.9 Å². The van der Waals surface area contributed by atoms with Crippen LogP contribution < -0.4 is 10.3 Å². The molecule has 0 saturated heterocycles. The summed E-state index contributed by atoms with van der Waals surface area (Å²) in [5, 5.41) is 0.450. The monoisotopic (exact) mass is 366 g/mol. The second-order valence-electron chi connectivity index (χ2n) is 6.40. The lowest BCUT2D eigenvalue weighted by atomic mass is 10.1. The van der Waals surface area contributed by atoms with Crippen LogP contribution in [0.4, 0.5) is 17.3 Å². The first kappa shape index (κ1) is 16.2. The van der Waals surface area contributed by atoms with E-state index in [2.05, 4.69) is 4.99 Å². The van der Waals surface area contributed by atoms with Crippen LogP contribution in [0.2, 0.25) is 0 Å². The molecule has 0 saturated carbocycles. The van der Waals surface area contributed by atoms with Gasteiger partial charge in [0, 0.05) is 11.8 Å². The van der Waals surface area contributed by atoms with E-state index >= 15 is 0 Å². The molecule has 0 N–H and O–H groups in total. The maximum Gasteiger partial charge on any atom is 0.265 e. The molecule has 0 aliphatic carbocycles. The molecule has 5 rings (SSSR count). The van der Waals surface area contributed by atoms with E-state index in [9.17, 15) is 9.59 Å². The van der Waals surface area contributed by atoms with Crippen LogP contribution in [0.5, 0.6) is 0 Å². The summed E-state index contributed by atoms with van der Waals surface area (Å²) in [5.41, 5.74) is 2.08. The van der Waals surface area contributed by atoms with Crippen molar-refractivity contribution in [2.24, 2.45) is 4.99 Å². The van der Waals surface area contributed by atoms with Gasteiger partial charge in [-0.15, -0.1) is 0 Å². The Bertz CT molecular complexity index is 1310. The third-order valence-corrected chi connectivity index (χ3v) is 4.70. The van der Waals surface area contributed by atoms with E-state index < -0.39 is 0 Å². The highest BCUT2D eigenvalue weighted by Crippen LogP contribution is 2.39. The van der Waals surface area contributed by atoms with E-state index in [1.807, 2.05) is 18.2 Å². The minimum absolute atomic E-state index is 0.172. The van der Waals surface area contributed by atoms with Gasteiger partial charge in [-0.3, -0.25) is 14.6 Å². The Morgan fingerprint density at radius 2 is 1.57 bits per heavy atom. The summed E-state index contributed by atoms with van der Waals surface area (Å²) in [6.07, 6.45) is 1.48. The van der Waals surface area contributed by atoms with Gasteiger partial charge < -0.3 is 4.42 Å². The number of amides is 1. The van der Waals surface area contributed by atoms with Gasteiger partial charge >= 0.3 is 0 Å². The SMILES string of the molecule is O=C(c1ccccc1)N1c2ccccc2N=Cc2c1oc1ccccc1c2=O. The van der Waals surface area contributed by atoms with E-state index in [4.69, 9.17) is 4.42 Å². The zero-order valence-electron chi connectivity index (χ0n) is 14.7. The molecule has 1 amide bonds. The molecule has 1 aliphatic heterocycles. The van der Waals surface area contributed by atoms with E-state index in [-0.39, 0.29) is 22.8 Å². The highest BCUT2D eigenvalue weighted by molar-refractivity contribution is 6.15. The predicted molar refractivity (Wildman–Crippen MR) is 109 cm³/mol. The van der Waals surface area contributed by atoms with Gasteiger partial charge in [0.05, 0.1) is 16.8 Å². The van der Waals surface area contributed by atoms with Crippen molar-refractivity contribution in [3.8, 4) is 0 Å². The molecule has 5 heteroatoms. The fraction of sp³-hybridized carbons (Fsp3) is 0. The zero-order chi connectivity index (χ0) is 19.1. The van der Waals surface area contributed by atoms with Crippen LogP contribution in [0.3, 0.4) is 0 Å². The number of para-hydroxylation sites is 3. The van der Waals surface area contributed by atoms with E-state index in [1.165, 1.54) is 11.1 Å². The molecule has 1 aliphatic rings. The van der Waals surface area contributed by atoms with Crippen molar-refractivity contribution in [2.45, 2.75) is 0 Å². The fourth-order valence-electron chi connectivity index (χ4n) is 3.34. The summed E-state index contributed by atoms with van der Waals surface area (Å²) in [5.74, 6) is -0.121. The first-order chi connectivity index (χ1) is 13.7. The number of rotatable bonds is 1. The van der Waals surface area contributed by atoms with Gasteiger partial charge in [-0.2, -0.15) is 0 Å². The Labute approximate surface area is 160 Å². The number of carbonyl (C=O) groups is 1. The molecule has 28 heavy (non-hydrogen) atoms. The Balaban J connectivity index is 1.85. The van der Waals surface area contributed by atoms with Crippen molar-refractivity contribution in [3.63, 3.8) is 0 Å². The summed E-state index contributed by atoms with van der Waals surface area (Å²) in [7, 11) is 0. The van der Waals surface area contributed by atoms with Gasteiger partial charge in [-0.05, 0) is 36.4 Å². The lowest BCUT2D eigenvalue weighted by Crippen LogP contribution is -2.28. The highest BCUT2D eigenvalue weighted by atomic mass is 16.4. The largest absolute Gasteiger partial charge is 0.439 e. The van der Waals surface area contributed by atoms with Gasteiger partial charge in [-0.25, -0.2) is 4.90 Å². The van der Waals surface area contributed by atoms with Crippen LogP contribution in [0.15, 0.2) is 93.1 Å². The maximum absolute atomic E-state index is 13.4. The summed E-state index contributed by atoms with van der Waals surface area (Å²) in [6, 6.07) is 23.1. The molecule has 0 fully saturated rings. The van der Waals surface area contributed by atoms with E-state index in [0.29, 0.717) is 27.9 Å². The summed E-state index contributed by atoms with van der Waals surface area (Å²) >= 11 is 0. The Kier molecular flexibility index (Phi) is 3.66.